The average molecular weight is 415 g/mol. The van der Waals surface area contributed by atoms with Crippen molar-refractivity contribution in [3.05, 3.63) is 18.0 Å². The Morgan fingerprint density at radius 1 is 1.27 bits per heavy atom. The van der Waals surface area contributed by atoms with Crippen molar-refractivity contribution in [3.63, 3.8) is 0 Å². The van der Waals surface area contributed by atoms with E-state index in [1.807, 2.05) is 13.0 Å². The minimum atomic E-state index is -0.491. The first-order valence-corrected chi connectivity index (χ1v) is 10.9. The smallest absolute Gasteiger partial charge is 0.356 e. The number of nitrogens with zero attached hydrogens (tertiary/aromatic N) is 2. The number of carbonyl (C=O) groups is 2. The number of ether oxygens (including phenoxy) is 2. The maximum Gasteiger partial charge on any atom is 0.356 e. The van der Waals surface area contributed by atoms with Crippen LogP contribution in [0.4, 0.5) is 11.4 Å². The molecule has 0 bridgehead atoms. The molecule has 0 radical (unpaired) electrons. The van der Waals surface area contributed by atoms with Crippen molar-refractivity contribution in [2.45, 2.75) is 58.0 Å². The van der Waals surface area contributed by atoms with Crippen molar-refractivity contribution in [2.24, 2.45) is 5.92 Å². The quantitative estimate of drug-likeness (QED) is 0.702. The molecular formula is C22H30N4O4. The SMILES string of the molecule is CCn1c(C(=O)OC)c(NC(=O)C2CCOC2)c2cc(NC3CCCCC3)cnc21. The van der Waals surface area contributed by atoms with Gasteiger partial charge in [0.05, 0.1) is 37.2 Å². The normalized spacial score (nSPS) is 19.7. The van der Waals surface area contributed by atoms with Gasteiger partial charge in [0.2, 0.25) is 5.91 Å². The summed E-state index contributed by atoms with van der Waals surface area (Å²) < 4.78 is 12.2. The van der Waals surface area contributed by atoms with Gasteiger partial charge in [-0.25, -0.2) is 9.78 Å². The summed E-state index contributed by atoms with van der Waals surface area (Å²) in [5.74, 6) is -0.847. The lowest BCUT2D eigenvalue weighted by Crippen LogP contribution is -2.24. The van der Waals surface area contributed by atoms with Gasteiger partial charge < -0.3 is 24.7 Å². The molecule has 2 aromatic heterocycles. The Bertz CT molecular complexity index is 927. The highest BCUT2D eigenvalue weighted by Gasteiger charge is 2.29. The topological polar surface area (TPSA) is 94.5 Å². The fourth-order valence-electron chi connectivity index (χ4n) is 4.50. The van der Waals surface area contributed by atoms with Crippen LogP contribution < -0.4 is 10.6 Å². The van der Waals surface area contributed by atoms with Gasteiger partial charge in [0, 0.05) is 24.6 Å². The number of hydrogen-bond donors (Lipinski definition) is 2. The molecule has 0 aromatic carbocycles. The van der Waals surface area contributed by atoms with Gasteiger partial charge in [-0.2, -0.15) is 0 Å². The summed E-state index contributed by atoms with van der Waals surface area (Å²) >= 11 is 0. The molecule has 1 aliphatic carbocycles. The number of anilines is 2. The molecule has 2 aromatic rings. The Kier molecular flexibility index (Phi) is 6.22. The van der Waals surface area contributed by atoms with Crippen LogP contribution in [-0.2, 0) is 20.8 Å². The molecule has 3 heterocycles. The summed E-state index contributed by atoms with van der Waals surface area (Å²) in [6.45, 7) is 3.46. The first-order valence-electron chi connectivity index (χ1n) is 10.9. The number of fused-ring (bicyclic) bond motifs is 1. The van der Waals surface area contributed by atoms with Crippen molar-refractivity contribution in [3.8, 4) is 0 Å². The average Bonchev–Trinajstić information content (AvgIpc) is 3.41. The lowest BCUT2D eigenvalue weighted by Gasteiger charge is -2.23. The first kappa shape index (κ1) is 20.7. The van der Waals surface area contributed by atoms with E-state index in [0.717, 1.165) is 23.9 Å². The largest absolute Gasteiger partial charge is 0.464 e. The predicted octanol–water partition coefficient (Wildman–Crippen LogP) is 3.56. The third-order valence-corrected chi connectivity index (χ3v) is 6.12. The van der Waals surface area contributed by atoms with E-state index >= 15 is 0 Å². The molecule has 8 nitrogen and oxygen atoms in total. The van der Waals surface area contributed by atoms with Crippen LogP contribution in [-0.4, -0.2) is 47.8 Å². The molecule has 1 saturated carbocycles. The van der Waals surface area contributed by atoms with Gasteiger partial charge in [-0.05, 0) is 32.3 Å². The predicted molar refractivity (Wildman–Crippen MR) is 115 cm³/mol. The molecule has 1 atom stereocenters. The van der Waals surface area contributed by atoms with Crippen LogP contribution in [0.5, 0.6) is 0 Å². The van der Waals surface area contributed by atoms with Gasteiger partial charge in [0.15, 0.2) is 5.69 Å². The van der Waals surface area contributed by atoms with Gasteiger partial charge in [-0.3, -0.25) is 4.79 Å². The van der Waals surface area contributed by atoms with E-state index in [9.17, 15) is 9.59 Å². The summed E-state index contributed by atoms with van der Waals surface area (Å²) in [6, 6.07) is 2.41. The van der Waals surface area contributed by atoms with Gasteiger partial charge >= 0.3 is 5.97 Å². The zero-order valence-electron chi connectivity index (χ0n) is 17.7. The molecule has 1 saturated heterocycles. The number of carbonyl (C=O) groups excluding carboxylic acids is 2. The van der Waals surface area contributed by atoms with Crippen molar-refractivity contribution in [2.75, 3.05) is 31.0 Å². The van der Waals surface area contributed by atoms with Crippen LogP contribution in [0.2, 0.25) is 0 Å². The van der Waals surface area contributed by atoms with Crippen LogP contribution in [0.25, 0.3) is 11.0 Å². The second-order valence-electron chi connectivity index (χ2n) is 8.08. The molecule has 1 amide bonds. The number of nitrogens with one attached hydrogen (secondary N) is 2. The fourth-order valence-corrected chi connectivity index (χ4v) is 4.50. The lowest BCUT2D eigenvalue weighted by atomic mass is 9.95. The lowest BCUT2D eigenvalue weighted by molar-refractivity contribution is -0.119. The molecular weight excluding hydrogens is 384 g/mol. The monoisotopic (exact) mass is 414 g/mol. The van der Waals surface area contributed by atoms with Gasteiger partial charge in [-0.15, -0.1) is 0 Å². The second kappa shape index (κ2) is 9.04. The van der Waals surface area contributed by atoms with Crippen molar-refractivity contribution in [1.82, 2.24) is 9.55 Å². The Balaban J connectivity index is 1.74. The Labute approximate surface area is 176 Å². The van der Waals surface area contributed by atoms with E-state index in [1.165, 1.54) is 26.4 Å². The number of aryl methyl sites for hydroxylation is 1. The van der Waals surface area contributed by atoms with Crippen LogP contribution in [0, 0.1) is 5.92 Å². The summed E-state index contributed by atoms with van der Waals surface area (Å²) in [4.78, 5) is 30.1. The molecule has 2 aliphatic rings. The maximum atomic E-state index is 12.8. The Morgan fingerprint density at radius 3 is 2.73 bits per heavy atom. The second-order valence-corrected chi connectivity index (χ2v) is 8.08. The van der Waals surface area contributed by atoms with E-state index in [-0.39, 0.29) is 11.8 Å². The number of aromatic nitrogens is 2. The highest BCUT2D eigenvalue weighted by Crippen LogP contribution is 2.34. The molecule has 1 unspecified atom stereocenters. The van der Waals surface area contributed by atoms with Crippen molar-refractivity contribution in [1.29, 1.82) is 0 Å². The van der Waals surface area contributed by atoms with Crippen molar-refractivity contribution < 1.29 is 19.1 Å². The van der Waals surface area contributed by atoms with Crippen LogP contribution in [0.3, 0.4) is 0 Å². The van der Waals surface area contributed by atoms with E-state index in [4.69, 9.17) is 9.47 Å². The Hall–Kier alpha value is -2.61. The zero-order chi connectivity index (χ0) is 21.1. The van der Waals surface area contributed by atoms with E-state index < -0.39 is 5.97 Å². The summed E-state index contributed by atoms with van der Waals surface area (Å²) in [6.07, 6.45) is 8.53. The number of amides is 1. The number of pyridine rings is 1. The number of hydrogen-bond acceptors (Lipinski definition) is 6. The molecule has 0 spiro atoms. The van der Waals surface area contributed by atoms with Crippen LogP contribution in [0.1, 0.15) is 55.9 Å². The first-order chi connectivity index (χ1) is 14.6. The van der Waals surface area contributed by atoms with E-state index in [0.29, 0.717) is 49.2 Å². The molecule has 8 heteroatoms. The van der Waals surface area contributed by atoms with Crippen LogP contribution in [0.15, 0.2) is 12.3 Å². The van der Waals surface area contributed by atoms with Gasteiger partial charge in [0.1, 0.15) is 5.65 Å². The number of esters is 1. The number of methoxy groups -OCH3 is 1. The molecule has 4 rings (SSSR count). The highest BCUT2D eigenvalue weighted by molar-refractivity contribution is 6.11. The Morgan fingerprint density at radius 2 is 2.07 bits per heavy atom. The standard InChI is InChI=1S/C22H30N4O4/c1-3-26-19(22(28)29-2)18(25-21(27)14-9-10-30-13-14)17-11-16(12-23-20(17)26)24-15-7-5-4-6-8-15/h11-12,14-15,24H,3-10,13H2,1-2H3,(H,25,27). The third kappa shape index (κ3) is 4.01. The molecule has 2 fully saturated rings. The number of rotatable bonds is 6. The molecule has 30 heavy (non-hydrogen) atoms. The van der Waals surface area contributed by atoms with E-state index in [1.54, 1.807) is 10.8 Å². The van der Waals surface area contributed by atoms with Crippen LogP contribution >= 0.6 is 0 Å². The summed E-state index contributed by atoms with van der Waals surface area (Å²) in [5, 5.41) is 7.31. The van der Waals surface area contributed by atoms with Crippen molar-refractivity contribution >= 4 is 34.3 Å². The zero-order valence-corrected chi connectivity index (χ0v) is 17.7. The molecule has 1 aliphatic heterocycles. The van der Waals surface area contributed by atoms with Gasteiger partial charge in [0.25, 0.3) is 0 Å². The van der Waals surface area contributed by atoms with Gasteiger partial charge in [-0.1, -0.05) is 19.3 Å². The minimum absolute atomic E-state index is 0.140. The maximum absolute atomic E-state index is 12.8. The summed E-state index contributed by atoms with van der Waals surface area (Å²) in [7, 11) is 1.35. The molecule has 2 N–H and O–H groups in total. The highest BCUT2D eigenvalue weighted by atomic mass is 16.5. The fraction of sp³-hybridized carbons (Fsp3) is 0.591. The minimum Gasteiger partial charge on any atom is -0.464 e. The van der Waals surface area contributed by atoms with E-state index in [2.05, 4.69) is 15.6 Å². The third-order valence-electron chi connectivity index (χ3n) is 6.12. The molecule has 162 valence electrons. The summed E-state index contributed by atoms with van der Waals surface area (Å²) in [5.41, 5.74) is 2.35.